The number of nitrogens with one attached hydrogen (secondary N) is 1. The van der Waals surface area contributed by atoms with Crippen LogP contribution in [0.4, 0.5) is 5.69 Å². The monoisotopic (exact) mass is 311 g/mol. The van der Waals surface area contributed by atoms with Gasteiger partial charge in [-0.15, -0.1) is 0 Å². The maximum absolute atomic E-state index is 11.9. The van der Waals surface area contributed by atoms with Crippen molar-refractivity contribution in [1.82, 2.24) is 5.32 Å². The third-order valence-corrected chi connectivity index (χ3v) is 3.14. The molecule has 0 radical (unpaired) electrons. The van der Waals surface area contributed by atoms with Gasteiger partial charge in [-0.3, -0.25) is 9.59 Å². The molecule has 0 saturated carbocycles. The molecule has 1 aliphatic heterocycles. The van der Waals surface area contributed by atoms with Gasteiger partial charge in [-0.25, -0.2) is 5.01 Å². The minimum absolute atomic E-state index is 0.122. The molecule has 1 heterocycles. The highest BCUT2D eigenvalue weighted by molar-refractivity contribution is 7.80. The van der Waals surface area contributed by atoms with Crippen molar-refractivity contribution in [2.45, 2.75) is 12.8 Å². The predicted molar refractivity (Wildman–Crippen MR) is 82.5 cm³/mol. The molecule has 1 aliphatic rings. The van der Waals surface area contributed by atoms with Crippen LogP contribution in [-0.4, -0.2) is 29.8 Å². The summed E-state index contributed by atoms with van der Waals surface area (Å²) in [5.41, 5.74) is 1.15. The summed E-state index contributed by atoms with van der Waals surface area (Å²) >= 11 is 9.90. The molecule has 0 spiro atoms. The Morgan fingerprint density at radius 3 is 3.00 bits per heavy atom. The van der Waals surface area contributed by atoms with E-state index >= 15 is 0 Å². The molecule has 0 aromatic heterocycles. The fraction of sp³-hybridized carbons (Fsp3) is 0.308. The van der Waals surface area contributed by atoms with Crippen molar-refractivity contribution in [2.24, 2.45) is 5.10 Å². The fourth-order valence-electron chi connectivity index (χ4n) is 1.83. The predicted octanol–water partition coefficient (Wildman–Crippen LogP) is 1.87. The zero-order valence-corrected chi connectivity index (χ0v) is 12.3. The van der Waals surface area contributed by atoms with Crippen LogP contribution in [0, 0.1) is 0 Å². The number of rotatable bonds is 5. The summed E-state index contributed by atoms with van der Waals surface area (Å²) in [5.74, 6) is 0.258. The largest absolute Gasteiger partial charge is 0.355 e. The van der Waals surface area contributed by atoms with Gasteiger partial charge in [0, 0.05) is 17.3 Å². The Labute approximate surface area is 127 Å². The van der Waals surface area contributed by atoms with Crippen LogP contribution in [0.15, 0.2) is 29.4 Å². The molecule has 20 heavy (non-hydrogen) atoms. The molecule has 0 atom stereocenters. The average molecular weight is 312 g/mol. The van der Waals surface area contributed by atoms with Gasteiger partial charge in [-0.2, -0.15) is 17.7 Å². The molecule has 2 rings (SSSR count). The van der Waals surface area contributed by atoms with Crippen molar-refractivity contribution in [3.05, 3.63) is 29.3 Å². The third kappa shape index (κ3) is 3.74. The molecule has 2 amide bonds. The first-order valence-electron chi connectivity index (χ1n) is 6.12. The topological polar surface area (TPSA) is 61.8 Å². The van der Waals surface area contributed by atoms with E-state index in [9.17, 15) is 9.59 Å². The third-order valence-electron chi connectivity index (χ3n) is 2.68. The van der Waals surface area contributed by atoms with E-state index in [1.54, 1.807) is 24.3 Å². The van der Waals surface area contributed by atoms with Crippen molar-refractivity contribution < 1.29 is 9.59 Å². The van der Waals surface area contributed by atoms with Crippen LogP contribution in [0.1, 0.15) is 12.8 Å². The summed E-state index contributed by atoms with van der Waals surface area (Å²) in [6.07, 6.45) is 0.275. The van der Waals surface area contributed by atoms with Gasteiger partial charge in [-0.05, 0) is 18.2 Å². The number of nitrogens with zero attached hydrogens (tertiary/aromatic N) is 2. The first kappa shape index (κ1) is 14.9. The lowest BCUT2D eigenvalue weighted by Crippen LogP contribution is -2.27. The lowest BCUT2D eigenvalue weighted by atomic mass is 10.2. The first-order chi connectivity index (χ1) is 9.60. The van der Waals surface area contributed by atoms with Crippen LogP contribution in [0.25, 0.3) is 0 Å². The van der Waals surface area contributed by atoms with E-state index < -0.39 is 0 Å². The number of hydrogen-bond donors (Lipinski definition) is 2. The second kappa shape index (κ2) is 6.76. The molecule has 0 unspecified atom stereocenters. The maximum Gasteiger partial charge on any atom is 0.253 e. The smallest absolute Gasteiger partial charge is 0.253 e. The number of benzene rings is 1. The average Bonchev–Trinajstić information content (AvgIpc) is 2.77. The van der Waals surface area contributed by atoms with Crippen LogP contribution in [0.5, 0.6) is 0 Å². The van der Waals surface area contributed by atoms with Gasteiger partial charge in [0.25, 0.3) is 5.91 Å². The van der Waals surface area contributed by atoms with Crippen molar-refractivity contribution in [1.29, 1.82) is 0 Å². The minimum atomic E-state index is -0.163. The van der Waals surface area contributed by atoms with E-state index in [2.05, 4.69) is 23.0 Å². The Bertz CT molecular complexity index is 562. The molecule has 106 valence electrons. The number of halogens is 1. The summed E-state index contributed by atoms with van der Waals surface area (Å²) in [4.78, 5) is 23.5. The summed E-state index contributed by atoms with van der Waals surface area (Å²) in [5, 5.41) is 8.70. The summed E-state index contributed by atoms with van der Waals surface area (Å²) < 4.78 is 0. The Morgan fingerprint density at radius 1 is 1.50 bits per heavy atom. The molecule has 0 fully saturated rings. The molecule has 0 saturated heterocycles. The Morgan fingerprint density at radius 2 is 2.30 bits per heavy atom. The summed E-state index contributed by atoms with van der Waals surface area (Å²) in [6.45, 7) is 0.501. The molecular formula is C13H14ClN3O2S. The standard InChI is InChI=1S/C13H14ClN3O2S/c14-9-2-1-3-11(6-9)17-13(19)8-10(16-17)7-12(18)15-4-5-20/h1-3,6,20H,4-5,7-8H2,(H,15,18). The van der Waals surface area contributed by atoms with E-state index in [0.29, 0.717) is 28.7 Å². The van der Waals surface area contributed by atoms with Gasteiger partial charge in [0.1, 0.15) is 0 Å². The normalized spacial score (nSPS) is 14.4. The van der Waals surface area contributed by atoms with Crippen LogP contribution < -0.4 is 10.3 Å². The minimum Gasteiger partial charge on any atom is -0.355 e. The molecule has 1 aromatic carbocycles. The maximum atomic E-state index is 11.9. The molecule has 0 aliphatic carbocycles. The zero-order valence-electron chi connectivity index (χ0n) is 10.7. The number of hydrazone groups is 1. The van der Waals surface area contributed by atoms with E-state index in [0.717, 1.165) is 0 Å². The number of anilines is 1. The van der Waals surface area contributed by atoms with Crippen LogP contribution in [0.2, 0.25) is 5.02 Å². The van der Waals surface area contributed by atoms with E-state index in [-0.39, 0.29) is 24.7 Å². The highest BCUT2D eigenvalue weighted by Gasteiger charge is 2.26. The quantitative estimate of drug-likeness (QED) is 0.816. The van der Waals surface area contributed by atoms with Gasteiger partial charge < -0.3 is 5.32 Å². The van der Waals surface area contributed by atoms with Crippen molar-refractivity contribution in [3.63, 3.8) is 0 Å². The number of hydrogen-bond acceptors (Lipinski definition) is 4. The molecule has 7 heteroatoms. The number of carbonyl (C=O) groups excluding carboxylic acids is 2. The van der Waals surface area contributed by atoms with Crippen molar-refractivity contribution >= 4 is 47.4 Å². The van der Waals surface area contributed by atoms with Crippen molar-refractivity contribution in [2.75, 3.05) is 17.3 Å². The number of thiol groups is 1. The lowest BCUT2D eigenvalue weighted by molar-refractivity contribution is -0.119. The van der Waals surface area contributed by atoms with Gasteiger partial charge in [-0.1, -0.05) is 17.7 Å². The second-order valence-corrected chi connectivity index (χ2v) is 5.16. The number of amides is 2. The highest BCUT2D eigenvalue weighted by atomic mass is 35.5. The second-order valence-electron chi connectivity index (χ2n) is 4.28. The Kier molecular flexibility index (Phi) is 5.03. The van der Waals surface area contributed by atoms with Crippen molar-refractivity contribution in [3.8, 4) is 0 Å². The summed E-state index contributed by atoms with van der Waals surface area (Å²) in [6, 6.07) is 6.88. The van der Waals surface area contributed by atoms with E-state index in [1.165, 1.54) is 5.01 Å². The van der Waals surface area contributed by atoms with Gasteiger partial charge in [0.05, 0.1) is 24.2 Å². The molecular weight excluding hydrogens is 298 g/mol. The molecule has 5 nitrogen and oxygen atoms in total. The van der Waals surface area contributed by atoms with Gasteiger partial charge >= 0.3 is 0 Å². The fourth-order valence-corrected chi connectivity index (χ4v) is 2.13. The van der Waals surface area contributed by atoms with Crippen LogP contribution >= 0.6 is 24.2 Å². The Balaban J connectivity index is 2.05. The first-order valence-corrected chi connectivity index (χ1v) is 7.13. The molecule has 1 N–H and O–H groups in total. The van der Waals surface area contributed by atoms with E-state index in [4.69, 9.17) is 11.6 Å². The highest BCUT2D eigenvalue weighted by Crippen LogP contribution is 2.24. The molecule has 0 bridgehead atoms. The van der Waals surface area contributed by atoms with Gasteiger partial charge in [0.2, 0.25) is 5.91 Å². The van der Waals surface area contributed by atoms with Crippen LogP contribution in [-0.2, 0) is 9.59 Å². The number of carbonyl (C=O) groups is 2. The Hall–Kier alpha value is -1.53. The lowest BCUT2D eigenvalue weighted by Gasteiger charge is -2.11. The van der Waals surface area contributed by atoms with Crippen LogP contribution in [0.3, 0.4) is 0 Å². The summed E-state index contributed by atoms with van der Waals surface area (Å²) in [7, 11) is 0. The molecule has 1 aromatic rings. The van der Waals surface area contributed by atoms with Gasteiger partial charge in [0.15, 0.2) is 0 Å². The van der Waals surface area contributed by atoms with E-state index in [1.807, 2.05) is 0 Å². The SMILES string of the molecule is O=C(CC1=NN(c2cccc(Cl)c2)C(=O)C1)NCCS. The zero-order chi connectivity index (χ0) is 14.5.